The first-order valence-electron chi connectivity index (χ1n) is 6.22. The number of hydrogen-bond acceptors (Lipinski definition) is 3. The number of carbonyl (C=O) groups excluding carboxylic acids is 2. The van der Waals surface area contributed by atoms with Crippen LogP contribution in [0.15, 0.2) is 12.3 Å². The van der Waals surface area contributed by atoms with E-state index >= 15 is 0 Å². The predicted molar refractivity (Wildman–Crippen MR) is 67.0 cm³/mol. The van der Waals surface area contributed by atoms with Crippen molar-refractivity contribution >= 4 is 17.7 Å². The van der Waals surface area contributed by atoms with Gasteiger partial charge in [0, 0.05) is 17.8 Å². The molecule has 1 heterocycles. The lowest BCUT2D eigenvalue weighted by atomic mass is 10.0. The fourth-order valence-electron chi connectivity index (χ4n) is 2.40. The fraction of sp³-hybridized carbons (Fsp3) is 0.462. The van der Waals surface area contributed by atoms with Crippen LogP contribution >= 0.6 is 0 Å². The summed E-state index contributed by atoms with van der Waals surface area (Å²) in [6.07, 6.45) is 3.53. The van der Waals surface area contributed by atoms with Crippen molar-refractivity contribution in [2.45, 2.75) is 32.2 Å². The van der Waals surface area contributed by atoms with Gasteiger partial charge in [-0.15, -0.1) is 0 Å². The van der Waals surface area contributed by atoms with E-state index < -0.39 is 11.9 Å². The van der Waals surface area contributed by atoms with Gasteiger partial charge in [0.15, 0.2) is 5.78 Å². The zero-order valence-corrected chi connectivity index (χ0v) is 10.6. The van der Waals surface area contributed by atoms with Crippen LogP contribution in [0.3, 0.4) is 0 Å². The predicted octanol–water partition coefficient (Wildman–Crippen LogP) is 1.20. The third kappa shape index (κ3) is 2.83. The summed E-state index contributed by atoms with van der Waals surface area (Å²) in [5.74, 6) is -1.89. The minimum absolute atomic E-state index is 0.125. The first kappa shape index (κ1) is 13.3. The molecule has 1 fully saturated rings. The summed E-state index contributed by atoms with van der Waals surface area (Å²) in [4.78, 5) is 36.8. The molecule has 0 unspecified atom stereocenters. The van der Waals surface area contributed by atoms with Gasteiger partial charge in [0.2, 0.25) is 0 Å². The molecule has 0 spiro atoms. The first-order chi connectivity index (χ1) is 8.99. The number of carboxylic acid groups (broad SMARTS) is 1. The van der Waals surface area contributed by atoms with E-state index in [0.29, 0.717) is 18.4 Å². The van der Waals surface area contributed by atoms with Crippen LogP contribution in [0.4, 0.5) is 0 Å². The van der Waals surface area contributed by atoms with Gasteiger partial charge >= 0.3 is 5.97 Å². The molecule has 1 saturated carbocycles. The number of rotatable bonds is 4. The number of aliphatic carboxylic acids is 1. The molecular weight excluding hydrogens is 248 g/mol. The highest BCUT2D eigenvalue weighted by atomic mass is 16.4. The molecule has 6 heteroatoms. The molecule has 19 heavy (non-hydrogen) atoms. The smallest absolute Gasteiger partial charge is 0.308 e. The molecule has 1 aliphatic rings. The highest BCUT2D eigenvalue weighted by Gasteiger charge is 2.34. The Kier molecular flexibility index (Phi) is 3.69. The third-order valence-electron chi connectivity index (χ3n) is 3.48. The molecule has 1 aromatic heterocycles. The molecular formula is C13H16N2O4. The molecule has 1 amide bonds. The van der Waals surface area contributed by atoms with E-state index in [0.717, 1.165) is 6.42 Å². The van der Waals surface area contributed by atoms with Gasteiger partial charge < -0.3 is 15.4 Å². The van der Waals surface area contributed by atoms with Crippen LogP contribution in [0.2, 0.25) is 0 Å². The Morgan fingerprint density at radius 3 is 2.68 bits per heavy atom. The molecule has 1 aliphatic carbocycles. The van der Waals surface area contributed by atoms with Gasteiger partial charge in [-0.05, 0) is 25.8 Å². The maximum atomic E-state index is 12.0. The standard InChI is InChI=1S/C13H16N2O4/c1-7(16)8-5-11(14-6-8)12(17)15-10-4-2-3-9(10)13(18)19/h5-6,9-10,14H,2-4H2,1H3,(H,15,17)(H,18,19)/t9-,10+/m0/s1. The molecule has 0 saturated heterocycles. The number of carbonyl (C=O) groups is 3. The summed E-state index contributed by atoms with van der Waals surface area (Å²) in [5.41, 5.74) is 0.715. The van der Waals surface area contributed by atoms with Gasteiger partial charge in [0.1, 0.15) is 5.69 Å². The zero-order valence-electron chi connectivity index (χ0n) is 10.6. The summed E-state index contributed by atoms with van der Waals surface area (Å²) in [6.45, 7) is 1.42. The molecule has 1 aromatic rings. The Hall–Kier alpha value is -2.11. The van der Waals surface area contributed by atoms with Crippen molar-refractivity contribution < 1.29 is 19.5 Å². The quantitative estimate of drug-likeness (QED) is 0.711. The second-order valence-electron chi connectivity index (χ2n) is 4.81. The summed E-state index contributed by atoms with van der Waals surface area (Å²) >= 11 is 0. The van der Waals surface area contributed by atoms with Gasteiger partial charge in [0.25, 0.3) is 5.91 Å². The molecule has 2 rings (SSSR count). The van der Waals surface area contributed by atoms with Gasteiger partial charge in [0.05, 0.1) is 5.92 Å². The van der Waals surface area contributed by atoms with E-state index in [2.05, 4.69) is 10.3 Å². The second kappa shape index (κ2) is 5.26. The van der Waals surface area contributed by atoms with Crippen molar-refractivity contribution in [1.82, 2.24) is 10.3 Å². The van der Waals surface area contributed by atoms with Crippen molar-refractivity contribution in [2.75, 3.05) is 0 Å². The second-order valence-corrected chi connectivity index (χ2v) is 4.81. The van der Waals surface area contributed by atoms with Crippen molar-refractivity contribution in [1.29, 1.82) is 0 Å². The Labute approximate surface area is 110 Å². The zero-order chi connectivity index (χ0) is 14.0. The number of aromatic nitrogens is 1. The van der Waals surface area contributed by atoms with Crippen molar-refractivity contribution in [3.8, 4) is 0 Å². The lowest BCUT2D eigenvalue weighted by molar-refractivity contribution is -0.142. The first-order valence-corrected chi connectivity index (χ1v) is 6.22. The van der Waals surface area contributed by atoms with E-state index in [1.54, 1.807) is 0 Å². The van der Waals surface area contributed by atoms with Crippen LogP contribution in [-0.4, -0.2) is 33.8 Å². The number of ketones is 1. The molecule has 0 radical (unpaired) electrons. The number of aromatic amines is 1. The Morgan fingerprint density at radius 1 is 1.37 bits per heavy atom. The van der Waals surface area contributed by atoms with Crippen LogP contribution in [0, 0.1) is 5.92 Å². The Bertz CT molecular complexity index is 520. The van der Waals surface area contributed by atoms with Gasteiger partial charge in [-0.25, -0.2) is 0 Å². The van der Waals surface area contributed by atoms with E-state index in [9.17, 15) is 14.4 Å². The number of H-pyrrole nitrogens is 1. The van der Waals surface area contributed by atoms with Crippen LogP contribution in [-0.2, 0) is 4.79 Å². The summed E-state index contributed by atoms with van der Waals surface area (Å²) in [6, 6.07) is 1.14. The van der Waals surface area contributed by atoms with E-state index in [-0.39, 0.29) is 23.4 Å². The highest BCUT2D eigenvalue weighted by molar-refractivity contribution is 5.99. The summed E-state index contributed by atoms with van der Waals surface area (Å²) in [5, 5.41) is 11.8. The molecule has 0 aliphatic heterocycles. The van der Waals surface area contributed by atoms with Crippen molar-refractivity contribution in [3.63, 3.8) is 0 Å². The van der Waals surface area contributed by atoms with Crippen LogP contribution < -0.4 is 5.32 Å². The summed E-state index contributed by atoms with van der Waals surface area (Å²) < 4.78 is 0. The van der Waals surface area contributed by atoms with Gasteiger partial charge in [-0.3, -0.25) is 14.4 Å². The van der Waals surface area contributed by atoms with E-state index in [1.165, 1.54) is 19.2 Å². The van der Waals surface area contributed by atoms with Crippen LogP contribution in [0.5, 0.6) is 0 Å². The fourth-order valence-corrected chi connectivity index (χ4v) is 2.40. The van der Waals surface area contributed by atoms with E-state index in [1.807, 2.05) is 0 Å². The van der Waals surface area contributed by atoms with Gasteiger partial charge in [-0.1, -0.05) is 6.42 Å². The topological polar surface area (TPSA) is 99.3 Å². The normalized spacial score (nSPS) is 22.2. The maximum absolute atomic E-state index is 12.0. The number of nitrogens with one attached hydrogen (secondary N) is 2. The Balaban J connectivity index is 2.04. The average Bonchev–Trinajstić information content (AvgIpc) is 2.96. The minimum Gasteiger partial charge on any atom is -0.481 e. The molecule has 0 bridgehead atoms. The molecule has 0 aromatic carbocycles. The largest absolute Gasteiger partial charge is 0.481 e. The summed E-state index contributed by atoms with van der Waals surface area (Å²) in [7, 11) is 0. The maximum Gasteiger partial charge on any atom is 0.308 e. The molecule has 3 N–H and O–H groups in total. The molecule has 102 valence electrons. The Morgan fingerprint density at radius 2 is 2.11 bits per heavy atom. The lowest BCUT2D eigenvalue weighted by Crippen LogP contribution is -2.40. The van der Waals surface area contributed by atoms with Crippen LogP contribution in [0.1, 0.15) is 47.0 Å². The molecule has 2 atom stereocenters. The highest BCUT2D eigenvalue weighted by Crippen LogP contribution is 2.26. The third-order valence-corrected chi connectivity index (χ3v) is 3.48. The van der Waals surface area contributed by atoms with Crippen LogP contribution in [0.25, 0.3) is 0 Å². The van der Waals surface area contributed by atoms with Gasteiger partial charge in [-0.2, -0.15) is 0 Å². The van der Waals surface area contributed by atoms with E-state index in [4.69, 9.17) is 5.11 Å². The number of carboxylic acids is 1. The lowest BCUT2D eigenvalue weighted by Gasteiger charge is -2.16. The number of hydrogen-bond donors (Lipinski definition) is 3. The monoisotopic (exact) mass is 264 g/mol. The average molecular weight is 264 g/mol. The SMILES string of the molecule is CC(=O)c1c[nH]c(C(=O)N[C@@H]2CCC[C@@H]2C(=O)O)c1. The number of Topliss-reactive ketones (excluding diaryl/α,β-unsaturated/α-hetero) is 1. The number of amides is 1. The molecule has 6 nitrogen and oxygen atoms in total. The van der Waals surface area contributed by atoms with Crippen molar-refractivity contribution in [3.05, 3.63) is 23.5 Å². The van der Waals surface area contributed by atoms with Crippen molar-refractivity contribution in [2.24, 2.45) is 5.92 Å². The minimum atomic E-state index is -0.876.